The van der Waals surface area contributed by atoms with E-state index in [2.05, 4.69) is 30.5 Å². The minimum Gasteiger partial charge on any atom is -0.330 e. The van der Waals surface area contributed by atoms with Crippen molar-refractivity contribution in [2.24, 2.45) is 5.92 Å². The van der Waals surface area contributed by atoms with Crippen LogP contribution < -0.4 is 5.32 Å². The van der Waals surface area contributed by atoms with Crippen LogP contribution in [0.1, 0.15) is 24.9 Å². The van der Waals surface area contributed by atoms with E-state index in [-0.39, 0.29) is 23.3 Å². The molecule has 0 saturated heterocycles. The van der Waals surface area contributed by atoms with E-state index in [1.165, 1.54) is 6.20 Å². The lowest BCUT2D eigenvalue weighted by Gasteiger charge is -2.18. The third kappa shape index (κ3) is 3.23. The van der Waals surface area contributed by atoms with E-state index in [4.69, 9.17) is 11.6 Å². The second-order valence-corrected chi connectivity index (χ2v) is 8.65. The lowest BCUT2D eigenvalue weighted by atomic mass is 9.98. The molecule has 1 amide bonds. The Balaban J connectivity index is 1.43. The molecule has 1 fully saturated rings. The first-order valence-electron chi connectivity index (χ1n) is 10.5. The molecule has 0 radical (unpaired) electrons. The number of rotatable bonds is 5. The highest BCUT2D eigenvalue weighted by atomic mass is 35.5. The van der Waals surface area contributed by atoms with Crippen molar-refractivity contribution in [2.75, 3.05) is 5.32 Å². The summed E-state index contributed by atoms with van der Waals surface area (Å²) in [4.78, 5) is 24.8. The number of imidazole rings is 2. The van der Waals surface area contributed by atoms with Gasteiger partial charge in [-0.1, -0.05) is 11.6 Å². The van der Waals surface area contributed by atoms with Gasteiger partial charge in [-0.2, -0.15) is 5.10 Å². The Morgan fingerprint density at radius 1 is 1.35 bits per heavy atom. The number of hydrogen-bond donors (Lipinski definition) is 2. The summed E-state index contributed by atoms with van der Waals surface area (Å²) in [5.41, 5.74) is 2.09. The van der Waals surface area contributed by atoms with Crippen LogP contribution in [0.4, 0.5) is 14.6 Å². The fourth-order valence-corrected chi connectivity index (χ4v) is 4.47. The van der Waals surface area contributed by atoms with E-state index in [1.54, 1.807) is 46.3 Å². The number of aromatic nitrogens is 7. The van der Waals surface area contributed by atoms with Gasteiger partial charge in [0.1, 0.15) is 12.0 Å². The van der Waals surface area contributed by atoms with Crippen molar-refractivity contribution >= 4 is 39.9 Å². The average molecular weight is 483 g/mol. The van der Waals surface area contributed by atoms with Crippen molar-refractivity contribution in [1.82, 2.24) is 34.1 Å². The number of halogens is 3. The molecule has 5 aromatic rings. The molecule has 6 rings (SSSR count). The normalized spacial score (nSPS) is 18.5. The Morgan fingerprint density at radius 2 is 2.18 bits per heavy atom. The van der Waals surface area contributed by atoms with Gasteiger partial charge in [0.2, 0.25) is 5.91 Å². The zero-order valence-electron chi connectivity index (χ0n) is 17.7. The lowest BCUT2D eigenvalue weighted by molar-refractivity contribution is -0.117. The molecule has 34 heavy (non-hydrogen) atoms. The number of H-pyrrole nitrogens is 1. The van der Waals surface area contributed by atoms with Crippen LogP contribution in [0, 0.1) is 11.7 Å². The maximum absolute atomic E-state index is 15.6. The van der Waals surface area contributed by atoms with Crippen LogP contribution in [-0.4, -0.2) is 46.2 Å². The maximum Gasteiger partial charge on any atom is 0.231 e. The minimum atomic E-state index is -1.10. The quantitative estimate of drug-likeness (QED) is 0.391. The molecular formula is C22H17ClF2N8O. The molecule has 0 spiro atoms. The minimum absolute atomic E-state index is 0.0842. The molecular weight excluding hydrogens is 466 g/mol. The monoisotopic (exact) mass is 482 g/mol. The van der Waals surface area contributed by atoms with Gasteiger partial charge in [-0.3, -0.25) is 14.9 Å². The van der Waals surface area contributed by atoms with Gasteiger partial charge in [0, 0.05) is 35.1 Å². The summed E-state index contributed by atoms with van der Waals surface area (Å²) >= 11 is 6.56. The predicted molar refractivity (Wildman–Crippen MR) is 121 cm³/mol. The van der Waals surface area contributed by atoms with Gasteiger partial charge >= 0.3 is 0 Å². The van der Waals surface area contributed by atoms with Crippen molar-refractivity contribution in [3.63, 3.8) is 0 Å². The number of anilines is 1. The standard InChI is InChI=1S/C22H17ClF2N8O/c1-10(32-3-2-26-9-32)17-20(25)19(23)18(12-5-28-31-21(12)17)14-7-33-8-15(29-16(33)6-27-14)30-22(34)11-4-13(11)24/h2-3,5-11,13H,4H2,1H3,(H,28,31)(H,30,34)/t10?,11-,13+/m1/s1. The van der Waals surface area contributed by atoms with Gasteiger partial charge in [-0.25, -0.2) is 18.7 Å². The number of nitrogens with one attached hydrogen (secondary N) is 2. The third-order valence-electron chi connectivity index (χ3n) is 6.11. The number of carbonyl (C=O) groups is 1. The Labute approximate surface area is 195 Å². The molecule has 3 atom stereocenters. The number of amides is 1. The van der Waals surface area contributed by atoms with E-state index < -0.39 is 23.8 Å². The molecule has 172 valence electrons. The second-order valence-electron chi connectivity index (χ2n) is 8.27. The van der Waals surface area contributed by atoms with Gasteiger partial charge in [-0.05, 0) is 13.3 Å². The van der Waals surface area contributed by atoms with Crippen LogP contribution in [-0.2, 0) is 4.79 Å². The molecule has 0 aliphatic heterocycles. The zero-order chi connectivity index (χ0) is 23.6. The maximum atomic E-state index is 15.6. The first-order chi connectivity index (χ1) is 16.4. The third-order valence-corrected chi connectivity index (χ3v) is 6.47. The molecule has 4 heterocycles. The van der Waals surface area contributed by atoms with Gasteiger partial charge in [-0.15, -0.1) is 0 Å². The van der Waals surface area contributed by atoms with E-state index >= 15 is 4.39 Å². The number of carbonyl (C=O) groups excluding carboxylic acids is 1. The van der Waals surface area contributed by atoms with Crippen LogP contribution in [0.3, 0.4) is 0 Å². The molecule has 0 bridgehead atoms. The number of nitrogens with zero attached hydrogens (tertiary/aromatic N) is 6. The number of benzene rings is 1. The highest BCUT2D eigenvalue weighted by Crippen LogP contribution is 2.41. The van der Waals surface area contributed by atoms with E-state index in [9.17, 15) is 9.18 Å². The van der Waals surface area contributed by atoms with Crippen molar-refractivity contribution in [2.45, 2.75) is 25.6 Å². The number of aromatic amines is 1. The molecule has 1 unspecified atom stereocenters. The van der Waals surface area contributed by atoms with Crippen LogP contribution in [0.25, 0.3) is 27.8 Å². The predicted octanol–water partition coefficient (Wildman–Crippen LogP) is 4.17. The van der Waals surface area contributed by atoms with Gasteiger partial charge in [0.15, 0.2) is 11.5 Å². The Bertz CT molecular complexity index is 1560. The summed E-state index contributed by atoms with van der Waals surface area (Å²) in [5, 5.41) is 10.1. The van der Waals surface area contributed by atoms with Gasteiger partial charge in [0.05, 0.1) is 53.1 Å². The first-order valence-corrected chi connectivity index (χ1v) is 10.9. The second kappa shape index (κ2) is 7.59. The molecule has 9 nitrogen and oxygen atoms in total. The smallest absolute Gasteiger partial charge is 0.231 e. The summed E-state index contributed by atoms with van der Waals surface area (Å²) < 4.78 is 32.2. The summed E-state index contributed by atoms with van der Waals surface area (Å²) in [7, 11) is 0. The summed E-state index contributed by atoms with van der Waals surface area (Å²) in [6.07, 6.45) is 10.4. The van der Waals surface area contributed by atoms with Crippen LogP contribution in [0.2, 0.25) is 5.02 Å². The Kier molecular flexibility index (Phi) is 4.63. The fraction of sp³-hybridized carbons (Fsp3) is 0.227. The number of fused-ring (bicyclic) bond motifs is 2. The van der Waals surface area contributed by atoms with Crippen LogP contribution in [0.5, 0.6) is 0 Å². The Hall–Kier alpha value is -3.86. The zero-order valence-corrected chi connectivity index (χ0v) is 18.5. The molecule has 4 aromatic heterocycles. The first kappa shape index (κ1) is 20.7. The summed E-state index contributed by atoms with van der Waals surface area (Å²) in [6.45, 7) is 1.84. The van der Waals surface area contributed by atoms with Crippen LogP contribution in [0.15, 0.2) is 43.5 Å². The number of hydrogen-bond acceptors (Lipinski definition) is 5. The average Bonchev–Trinajstić information content (AvgIpc) is 3.26. The highest BCUT2D eigenvalue weighted by Gasteiger charge is 2.43. The highest BCUT2D eigenvalue weighted by molar-refractivity contribution is 6.35. The van der Waals surface area contributed by atoms with E-state index in [0.29, 0.717) is 33.4 Å². The van der Waals surface area contributed by atoms with Crippen LogP contribution >= 0.6 is 11.6 Å². The SMILES string of the molecule is CC(c1c(F)c(Cl)c(-c2cn3cc(NC(=O)[C@@H]4C[C@@H]4F)nc3cn2)c2cn[nH]c12)n1ccnc1. The topological polar surface area (TPSA) is 106 Å². The largest absolute Gasteiger partial charge is 0.330 e. The lowest BCUT2D eigenvalue weighted by Crippen LogP contribution is -2.15. The van der Waals surface area contributed by atoms with Crippen molar-refractivity contribution < 1.29 is 13.6 Å². The van der Waals surface area contributed by atoms with Crippen molar-refractivity contribution in [3.05, 3.63) is 59.9 Å². The fourth-order valence-electron chi connectivity index (χ4n) is 4.17. The molecule has 1 aliphatic carbocycles. The number of alkyl halides is 1. The van der Waals surface area contributed by atoms with Crippen molar-refractivity contribution in [3.8, 4) is 11.3 Å². The summed E-state index contributed by atoms with van der Waals surface area (Å²) in [6, 6.07) is -0.386. The van der Waals surface area contributed by atoms with Gasteiger partial charge < -0.3 is 14.3 Å². The molecule has 12 heteroatoms. The summed E-state index contributed by atoms with van der Waals surface area (Å²) in [5.74, 6) is -1.34. The molecule has 1 aromatic carbocycles. The van der Waals surface area contributed by atoms with E-state index in [1.807, 2.05) is 6.92 Å². The van der Waals surface area contributed by atoms with Gasteiger partial charge in [0.25, 0.3) is 0 Å². The molecule has 2 N–H and O–H groups in total. The van der Waals surface area contributed by atoms with Crippen molar-refractivity contribution in [1.29, 1.82) is 0 Å². The Morgan fingerprint density at radius 3 is 2.91 bits per heavy atom. The van der Waals surface area contributed by atoms with E-state index in [0.717, 1.165) is 0 Å². The molecule has 1 aliphatic rings. The molecule has 1 saturated carbocycles.